The van der Waals surface area contributed by atoms with Crippen molar-refractivity contribution in [3.8, 4) is 11.4 Å². The van der Waals surface area contributed by atoms with Gasteiger partial charge in [0.2, 0.25) is 6.33 Å². The largest absolute Gasteiger partial charge is 0.504 e. The molecule has 0 bridgehead atoms. The molecule has 2 aromatic carbocycles. The second-order valence-corrected chi connectivity index (χ2v) is 7.40. The van der Waals surface area contributed by atoms with Gasteiger partial charge in [0, 0.05) is 38.8 Å². The van der Waals surface area contributed by atoms with E-state index in [0.29, 0.717) is 11.5 Å². The SMILES string of the molecule is Cn1[c-][n+](-c2[c-]c(OC3=C/C=C\C=C/C(C4=N/C=C\C=C/C=C\4)=[C-]\3)ccc2)c2ccccc21.[Pt]. The fraction of sp³-hybridized carbons (Fsp3) is 0.0345. The maximum absolute atomic E-state index is 6.19. The summed E-state index contributed by atoms with van der Waals surface area (Å²) < 4.78 is 10.1. The van der Waals surface area contributed by atoms with Crippen LogP contribution < -0.4 is 9.30 Å². The van der Waals surface area contributed by atoms with E-state index in [-0.39, 0.29) is 21.1 Å². The molecular weight excluding hydrogens is 601 g/mol. The molecule has 0 amide bonds. The summed E-state index contributed by atoms with van der Waals surface area (Å²) in [5.74, 6) is 1.17. The molecule has 0 saturated carbocycles. The Labute approximate surface area is 213 Å². The molecule has 1 aliphatic carbocycles. The van der Waals surface area contributed by atoms with Gasteiger partial charge in [-0.25, -0.2) is 0 Å². The Morgan fingerprint density at radius 3 is 2.65 bits per heavy atom. The molecule has 0 N–H and O–H groups in total. The third-order valence-corrected chi connectivity index (χ3v) is 5.10. The van der Waals surface area contributed by atoms with Crippen molar-refractivity contribution in [1.82, 2.24) is 4.57 Å². The molecule has 0 atom stereocenters. The van der Waals surface area contributed by atoms with Crippen LogP contribution >= 0.6 is 0 Å². The number of rotatable bonds is 4. The monoisotopic (exact) mass is 622 g/mol. The van der Waals surface area contributed by atoms with Crippen LogP contribution in [0.3, 0.4) is 0 Å². The molecule has 4 nitrogen and oxygen atoms in total. The Kier molecular flexibility index (Phi) is 7.51. The van der Waals surface area contributed by atoms with E-state index in [9.17, 15) is 0 Å². The van der Waals surface area contributed by atoms with E-state index < -0.39 is 0 Å². The number of fused-ring (bicyclic) bond motifs is 1. The zero-order valence-corrected chi connectivity index (χ0v) is 20.7. The van der Waals surface area contributed by atoms with E-state index in [2.05, 4.69) is 35.6 Å². The minimum atomic E-state index is 0. The van der Waals surface area contributed by atoms with Gasteiger partial charge in [-0.2, -0.15) is 12.1 Å². The Bertz CT molecular complexity index is 1450. The summed E-state index contributed by atoms with van der Waals surface area (Å²) in [6, 6.07) is 17.4. The number of hydrogen-bond donors (Lipinski definition) is 0. The minimum absolute atomic E-state index is 0. The summed E-state index contributed by atoms with van der Waals surface area (Å²) in [4.78, 5) is 4.53. The molecule has 0 spiro atoms. The summed E-state index contributed by atoms with van der Waals surface area (Å²) in [5, 5.41) is 0. The summed E-state index contributed by atoms with van der Waals surface area (Å²) in [7, 11) is 1.98. The van der Waals surface area contributed by atoms with Crippen LogP contribution in [0.15, 0.2) is 126 Å². The summed E-state index contributed by atoms with van der Waals surface area (Å²) in [6.45, 7) is 0. The smallest absolute Gasteiger partial charge is 0.242 e. The van der Waals surface area contributed by atoms with E-state index in [1.54, 1.807) is 6.20 Å². The molecule has 1 aliphatic heterocycles. The van der Waals surface area contributed by atoms with Crippen molar-refractivity contribution in [2.75, 3.05) is 0 Å². The molecule has 1 aromatic heterocycles. The Balaban J connectivity index is 0.00000274. The van der Waals surface area contributed by atoms with Gasteiger partial charge in [0.1, 0.15) is 0 Å². The van der Waals surface area contributed by atoms with E-state index in [0.717, 1.165) is 28.0 Å². The van der Waals surface area contributed by atoms with E-state index in [1.807, 2.05) is 107 Å². The van der Waals surface area contributed by atoms with Crippen LogP contribution in [0, 0.1) is 18.5 Å². The Morgan fingerprint density at radius 2 is 1.71 bits per heavy atom. The van der Waals surface area contributed by atoms with Gasteiger partial charge in [-0.3, -0.25) is 0 Å². The predicted octanol–water partition coefficient (Wildman–Crippen LogP) is 5.25. The first-order chi connectivity index (χ1) is 16.3. The first-order valence-corrected chi connectivity index (χ1v) is 10.6. The third kappa shape index (κ3) is 5.24. The van der Waals surface area contributed by atoms with Gasteiger partial charge in [-0.05, 0) is 11.8 Å². The second kappa shape index (κ2) is 10.9. The molecule has 2 heterocycles. The number of allylic oxidation sites excluding steroid dienone is 12. The van der Waals surface area contributed by atoms with Crippen LogP contribution in [0.5, 0.6) is 5.75 Å². The Hall–Kier alpha value is -3.75. The molecule has 170 valence electrons. The van der Waals surface area contributed by atoms with Crippen molar-refractivity contribution in [3.05, 3.63) is 139 Å². The van der Waals surface area contributed by atoms with Gasteiger partial charge in [-0.1, -0.05) is 72.5 Å². The van der Waals surface area contributed by atoms with E-state index in [1.165, 1.54) is 0 Å². The first-order valence-electron chi connectivity index (χ1n) is 10.6. The van der Waals surface area contributed by atoms with Crippen molar-refractivity contribution >= 4 is 16.7 Å². The van der Waals surface area contributed by atoms with E-state index in [4.69, 9.17) is 4.74 Å². The molecule has 34 heavy (non-hydrogen) atoms. The van der Waals surface area contributed by atoms with Crippen LogP contribution in [-0.4, -0.2) is 10.3 Å². The average molecular weight is 623 g/mol. The summed E-state index contributed by atoms with van der Waals surface area (Å²) >= 11 is 0. The Morgan fingerprint density at radius 1 is 0.882 bits per heavy atom. The molecule has 5 rings (SSSR count). The van der Waals surface area contributed by atoms with Crippen molar-refractivity contribution < 1.29 is 30.4 Å². The summed E-state index contributed by atoms with van der Waals surface area (Å²) in [6.07, 6.45) is 27.9. The van der Waals surface area contributed by atoms with Gasteiger partial charge in [0.15, 0.2) is 0 Å². The fourth-order valence-electron chi connectivity index (χ4n) is 3.56. The maximum Gasteiger partial charge on any atom is 0.242 e. The molecule has 3 aromatic rings. The molecule has 2 aliphatic rings. The minimum Gasteiger partial charge on any atom is -0.504 e. The maximum atomic E-state index is 6.19. The van der Waals surface area contributed by atoms with Crippen LogP contribution in [0.25, 0.3) is 16.7 Å². The number of aromatic nitrogens is 2. The fourth-order valence-corrected chi connectivity index (χ4v) is 3.56. The number of benzene rings is 2. The molecule has 0 saturated heterocycles. The number of imidazole rings is 1. The molecule has 0 radical (unpaired) electrons. The van der Waals surface area contributed by atoms with Gasteiger partial charge in [-0.15, -0.1) is 35.9 Å². The summed E-state index contributed by atoms with van der Waals surface area (Å²) in [5.41, 5.74) is 4.62. The number of aliphatic imine (C=N–C) groups is 1. The third-order valence-electron chi connectivity index (χ3n) is 5.10. The topological polar surface area (TPSA) is 30.4 Å². The van der Waals surface area contributed by atoms with Gasteiger partial charge >= 0.3 is 0 Å². The van der Waals surface area contributed by atoms with Crippen LogP contribution in [0.1, 0.15) is 0 Å². The van der Waals surface area contributed by atoms with Gasteiger partial charge in [0.25, 0.3) is 0 Å². The number of nitrogens with zero attached hydrogens (tertiary/aromatic N) is 3. The zero-order valence-electron chi connectivity index (χ0n) is 18.5. The molecule has 0 unspecified atom stereocenters. The molecular formula is C29H21N3OPt-2. The van der Waals surface area contributed by atoms with Crippen LogP contribution in [0.2, 0.25) is 0 Å². The van der Waals surface area contributed by atoms with Gasteiger partial charge in [0.05, 0.1) is 18.1 Å². The quantitative estimate of drug-likeness (QED) is 0.289. The van der Waals surface area contributed by atoms with Crippen molar-refractivity contribution in [1.29, 1.82) is 0 Å². The molecule has 0 fully saturated rings. The standard InChI is InChI=1S/C29H21N3O.Pt/c1-31-22-32(29-18-9-8-17-28(29)31)24-13-11-15-26(21-24)33-25-14-6-4-5-12-23(20-25)27-16-7-2-3-10-19-30-27;/h2-19H,1H3;/q-2;/b3-2-,5-4?,6-4-,7-2?,10-3?,12-5-,14-6?,16-7-,19-10-,23-12?,25-14+,27-16?,30-19?,30-27+;. The zero-order chi connectivity index (χ0) is 22.5. The van der Waals surface area contributed by atoms with Crippen LogP contribution in [-0.2, 0) is 28.1 Å². The van der Waals surface area contributed by atoms with Gasteiger partial charge < -0.3 is 18.9 Å². The predicted molar refractivity (Wildman–Crippen MR) is 131 cm³/mol. The number of para-hydroxylation sites is 2. The number of ether oxygens (including phenoxy) is 1. The number of aryl methyl sites for hydroxylation is 1. The van der Waals surface area contributed by atoms with Crippen molar-refractivity contribution in [2.45, 2.75) is 0 Å². The second-order valence-electron chi connectivity index (χ2n) is 7.40. The normalized spacial score (nSPS) is 24.2. The van der Waals surface area contributed by atoms with Crippen molar-refractivity contribution in [2.24, 2.45) is 12.0 Å². The van der Waals surface area contributed by atoms with Crippen LogP contribution in [0.4, 0.5) is 0 Å². The average Bonchev–Trinajstić information content (AvgIpc) is 3.13. The van der Waals surface area contributed by atoms with Crippen molar-refractivity contribution in [3.63, 3.8) is 0 Å². The first kappa shape index (κ1) is 23.4. The number of hydrogen-bond acceptors (Lipinski definition) is 2. The molecule has 5 heteroatoms. The van der Waals surface area contributed by atoms with E-state index >= 15 is 0 Å².